The van der Waals surface area contributed by atoms with Crippen molar-refractivity contribution >= 4 is 23.3 Å². The summed E-state index contributed by atoms with van der Waals surface area (Å²) >= 11 is 4.64. The highest BCUT2D eigenvalue weighted by atomic mass is 35.5. The van der Waals surface area contributed by atoms with E-state index in [1.807, 2.05) is 6.92 Å². The maximum Gasteiger partial charge on any atom is 0.195 e. The number of nitrogens with zero attached hydrogens (tertiary/aromatic N) is 4. The van der Waals surface area contributed by atoms with E-state index in [0.29, 0.717) is 13.2 Å². The van der Waals surface area contributed by atoms with E-state index in [2.05, 4.69) is 45.8 Å². The number of halogens is 2. The Morgan fingerprint density at radius 2 is 1.62 bits per heavy atom. The van der Waals surface area contributed by atoms with E-state index in [-0.39, 0.29) is 25.6 Å². The maximum atomic E-state index is 8.68. The molecule has 1 atom stereocenters. The zero-order chi connectivity index (χ0) is 24.0. The quantitative estimate of drug-likeness (QED) is 0.117. The highest BCUT2D eigenvalue weighted by Gasteiger charge is 2.29. The Morgan fingerprint density at radius 1 is 1.00 bits per heavy atom. The molecule has 0 aromatic carbocycles. The van der Waals surface area contributed by atoms with E-state index in [4.69, 9.17) is 21.1 Å². The number of hydrogen-bond acceptors (Lipinski definition) is 8. The van der Waals surface area contributed by atoms with Gasteiger partial charge in [-0.3, -0.25) is 9.48 Å². The summed E-state index contributed by atoms with van der Waals surface area (Å²) in [5.41, 5.74) is 5.19. The first-order valence-corrected chi connectivity index (χ1v) is 11.9. The molecule has 1 unspecified atom stereocenters. The molecule has 6 N–H and O–H groups in total. The molecule has 2 aliphatic rings. The molecule has 2 rings (SSSR count). The van der Waals surface area contributed by atoms with Crippen LogP contribution in [0.1, 0.15) is 33.1 Å². The van der Waals surface area contributed by atoms with Gasteiger partial charge in [-0.05, 0) is 26.3 Å². The lowest BCUT2D eigenvalue weighted by molar-refractivity contribution is -0.814. The lowest BCUT2D eigenvalue weighted by atomic mass is 10.3. The van der Waals surface area contributed by atoms with Crippen LogP contribution < -0.4 is 23.5 Å². The molecular formula is C21H48Cl2N6O3. The Balaban J connectivity index is -0.000000378. The van der Waals surface area contributed by atoms with E-state index in [1.165, 1.54) is 12.2 Å². The van der Waals surface area contributed by atoms with Crippen molar-refractivity contribution in [2.75, 3.05) is 92.2 Å². The number of nitrogens with two attached hydrogens (primary N) is 1. The van der Waals surface area contributed by atoms with Gasteiger partial charge in [0.15, 0.2) is 5.84 Å². The van der Waals surface area contributed by atoms with Crippen LogP contribution >= 0.6 is 11.6 Å². The summed E-state index contributed by atoms with van der Waals surface area (Å²) in [6.07, 6.45) is 4.02. The van der Waals surface area contributed by atoms with Gasteiger partial charge < -0.3 is 43.7 Å². The third-order valence-electron chi connectivity index (χ3n) is 5.11. The fourth-order valence-corrected chi connectivity index (χ4v) is 3.02. The van der Waals surface area contributed by atoms with Gasteiger partial charge in [0.1, 0.15) is 6.54 Å². The van der Waals surface area contributed by atoms with Crippen LogP contribution in [0.3, 0.4) is 0 Å². The Hall–Kier alpha value is -0.520. The minimum atomic E-state index is 0. The van der Waals surface area contributed by atoms with Crippen molar-refractivity contribution in [3.05, 3.63) is 0 Å². The minimum absolute atomic E-state index is 0. The summed E-state index contributed by atoms with van der Waals surface area (Å²) in [6.45, 7) is 13.3. The Bertz CT molecular complexity index is 467. The van der Waals surface area contributed by atoms with Gasteiger partial charge in [-0.25, -0.2) is 4.99 Å². The molecule has 0 bridgehead atoms. The van der Waals surface area contributed by atoms with Gasteiger partial charge >= 0.3 is 0 Å². The zero-order valence-corrected chi connectivity index (χ0v) is 22.1. The molecule has 9 nitrogen and oxygen atoms in total. The summed E-state index contributed by atoms with van der Waals surface area (Å²) in [4.78, 5) is 10.8. The van der Waals surface area contributed by atoms with E-state index in [0.717, 1.165) is 81.9 Å². The SMILES string of the molecule is CC1=NCCN1CCCO.CC1=NCC[N+]1(C)CCCO.CCl.NCCNCCCO.[Cl-]. The van der Waals surface area contributed by atoms with Crippen molar-refractivity contribution in [1.29, 1.82) is 0 Å². The number of aliphatic hydroxyl groups excluding tert-OH is 3. The maximum absolute atomic E-state index is 8.68. The van der Waals surface area contributed by atoms with Crippen LogP contribution in [-0.4, -0.2) is 129 Å². The van der Waals surface area contributed by atoms with Crippen LogP contribution in [-0.2, 0) is 0 Å². The van der Waals surface area contributed by atoms with Gasteiger partial charge in [-0.2, -0.15) is 0 Å². The van der Waals surface area contributed by atoms with Crippen molar-refractivity contribution in [1.82, 2.24) is 10.2 Å². The predicted molar refractivity (Wildman–Crippen MR) is 132 cm³/mol. The largest absolute Gasteiger partial charge is 1.00 e. The second kappa shape index (κ2) is 25.1. The van der Waals surface area contributed by atoms with Crippen LogP contribution in [0.5, 0.6) is 0 Å². The summed E-state index contributed by atoms with van der Waals surface area (Å²) in [5.74, 6) is 2.33. The van der Waals surface area contributed by atoms with Crippen molar-refractivity contribution in [2.45, 2.75) is 33.1 Å². The smallest absolute Gasteiger partial charge is 0.195 e. The second-order valence-corrected chi connectivity index (χ2v) is 7.46. The van der Waals surface area contributed by atoms with Crippen molar-refractivity contribution in [3.8, 4) is 0 Å². The number of likely N-dealkylation sites (N-methyl/N-ethyl adjacent to an activating group) is 1. The Morgan fingerprint density at radius 3 is 2.06 bits per heavy atom. The van der Waals surface area contributed by atoms with Gasteiger partial charge in [0.05, 0.1) is 32.5 Å². The van der Waals surface area contributed by atoms with Gasteiger partial charge in [0, 0.05) is 65.7 Å². The first-order valence-electron chi connectivity index (χ1n) is 11.2. The zero-order valence-electron chi connectivity index (χ0n) is 20.6. The topological polar surface area (TPSA) is 127 Å². The monoisotopic (exact) mass is 502 g/mol. The number of amidine groups is 2. The van der Waals surface area contributed by atoms with Gasteiger partial charge in [-0.1, -0.05) is 0 Å². The molecule has 0 saturated heterocycles. The van der Waals surface area contributed by atoms with Gasteiger partial charge in [0.25, 0.3) is 0 Å². The van der Waals surface area contributed by atoms with E-state index in [9.17, 15) is 0 Å². The lowest BCUT2D eigenvalue weighted by Crippen LogP contribution is -3.00. The number of aliphatic hydroxyl groups is 3. The number of quaternary nitrogens is 1. The highest BCUT2D eigenvalue weighted by Crippen LogP contribution is 2.11. The van der Waals surface area contributed by atoms with Crippen molar-refractivity contribution in [2.24, 2.45) is 15.7 Å². The van der Waals surface area contributed by atoms with Crippen molar-refractivity contribution < 1.29 is 32.2 Å². The molecule has 0 aromatic rings. The summed E-state index contributed by atoms with van der Waals surface area (Å²) in [5, 5.41) is 28.6. The highest BCUT2D eigenvalue weighted by molar-refractivity contribution is 6.15. The molecule has 2 heterocycles. The molecular weight excluding hydrogens is 455 g/mol. The van der Waals surface area contributed by atoms with E-state index in [1.54, 1.807) is 0 Å². The van der Waals surface area contributed by atoms with Gasteiger partial charge in [-0.15, -0.1) is 11.6 Å². The molecule has 2 aliphatic heterocycles. The van der Waals surface area contributed by atoms with Crippen LogP contribution in [0.2, 0.25) is 0 Å². The normalized spacial score (nSPS) is 18.7. The van der Waals surface area contributed by atoms with Crippen molar-refractivity contribution in [3.63, 3.8) is 0 Å². The number of nitrogens with one attached hydrogen (secondary N) is 1. The molecule has 0 radical (unpaired) electrons. The molecule has 0 saturated carbocycles. The van der Waals surface area contributed by atoms with Crippen LogP contribution in [0.15, 0.2) is 9.98 Å². The third-order valence-corrected chi connectivity index (χ3v) is 5.11. The first kappa shape index (κ1) is 36.1. The lowest BCUT2D eigenvalue weighted by Gasteiger charge is -2.28. The molecule has 32 heavy (non-hydrogen) atoms. The average molecular weight is 504 g/mol. The molecule has 0 fully saturated rings. The summed E-state index contributed by atoms with van der Waals surface area (Å²) in [7, 11) is 2.18. The molecule has 0 aliphatic carbocycles. The van der Waals surface area contributed by atoms with Crippen LogP contribution in [0.4, 0.5) is 0 Å². The van der Waals surface area contributed by atoms with E-state index < -0.39 is 0 Å². The number of rotatable bonds is 11. The fraction of sp³-hybridized carbons (Fsp3) is 0.905. The third kappa shape index (κ3) is 18.0. The molecule has 11 heteroatoms. The summed E-state index contributed by atoms with van der Waals surface area (Å²) < 4.78 is 0.931. The minimum Gasteiger partial charge on any atom is -1.00 e. The average Bonchev–Trinajstić information content (AvgIpc) is 3.35. The Labute approximate surface area is 206 Å². The molecule has 0 spiro atoms. The predicted octanol–water partition coefficient (Wildman–Crippen LogP) is -2.87. The molecule has 0 amide bonds. The van der Waals surface area contributed by atoms with Crippen LogP contribution in [0, 0.1) is 0 Å². The second-order valence-electron chi connectivity index (χ2n) is 7.46. The summed E-state index contributed by atoms with van der Waals surface area (Å²) in [6, 6.07) is 0. The number of aliphatic imine (C=N–C) groups is 2. The molecule has 0 aromatic heterocycles. The van der Waals surface area contributed by atoms with Gasteiger partial charge in [0.2, 0.25) is 0 Å². The number of hydrogen-bond donors (Lipinski definition) is 5. The van der Waals surface area contributed by atoms with Crippen LogP contribution in [0.25, 0.3) is 0 Å². The molecule has 194 valence electrons. The Kier molecular flexibility index (Phi) is 28.3. The fourth-order valence-electron chi connectivity index (χ4n) is 3.02. The standard InChI is InChI=1S/C8H17N2O.C7H14N2O.C5H14N2O.CH3Cl.ClH/c1-8-9-4-6-10(8,2)5-3-7-11;1-7-8-3-5-9(7)4-2-6-10;6-2-4-7-3-1-5-8;1-2;/h11H,3-7H2,1-2H3;10H,2-6H2,1H3;7-8H,1-6H2;1H3;1H/q+1;;;;/p-1. The van der Waals surface area contributed by atoms with E-state index >= 15 is 0 Å². The first-order chi connectivity index (χ1) is 14.9. The number of alkyl halides is 1.